The van der Waals surface area contributed by atoms with E-state index in [0.717, 1.165) is 22.4 Å². The van der Waals surface area contributed by atoms with Gasteiger partial charge in [-0.05, 0) is 61.2 Å². The molecule has 170 valence electrons. The highest BCUT2D eigenvalue weighted by Crippen LogP contribution is 2.30. The maximum atomic E-state index is 11.6. The van der Waals surface area contributed by atoms with Crippen LogP contribution in [0.25, 0.3) is 0 Å². The van der Waals surface area contributed by atoms with E-state index in [9.17, 15) is 9.90 Å². The van der Waals surface area contributed by atoms with Gasteiger partial charge < -0.3 is 20.3 Å². The number of aromatic hydroxyl groups is 1. The predicted octanol–water partition coefficient (Wildman–Crippen LogP) is 5.92. The molecule has 0 spiro atoms. The minimum absolute atomic E-state index is 0.0484. The molecule has 0 atom stereocenters. The van der Waals surface area contributed by atoms with Crippen LogP contribution in [0.5, 0.6) is 17.2 Å². The Kier molecular flexibility index (Phi) is 18.3. The van der Waals surface area contributed by atoms with Gasteiger partial charge in [0.15, 0.2) is 0 Å². The summed E-state index contributed by atoms with van der Waals surface area (Å²) in [6.07, 6.45) is 1.02. The second-order valence-electron chi connectivity index (χ2n) is 5.73. The SMILES string of the molecule is CC.CC.CC.Cc1cc(CCC(=O)NCCO)cc(C)c1Oc1ccc(O)cc1. The molecule has 2 aromatic rings. The largest absolute Gasteiger partial charge is 0.508 e. The monoisotopic (exact) mass is 419 g/mol. The highest BCUT2D eigenvalue weighted by atomic mass is 16.5. The maximum absolute atomic E-state index is 11.6. The summed E-state index contributed by atoms with van der Waals surface area (Å²) in [7, 11) is 0. The number of hydrogen-bond donors (Lipinski definition) is 3. The van der Waals surface area contributed by atoms with Gasteiger partial charge in [-0.1, -0.05) is 53.7 Å². The molecule has 30 heavy (non-hydrogen) atoms. The highest BCUT2D eigenvalue weighted by Gasteiger charge is 2.09. The van der Waals surface area contributed by atoms with Crippen molar-refractivity contribution in [2.45, 2.75) is 68.2 Å². The van der Waals surface area contributed by atoms with Crippen LogP contribution in [0.1, 0.15) is 64.7 Å². The van der Waals surface area contributed by atoms with E-state index in [4.69, 9.17) is 9.84 Å². The normalized spacial score (nSPS) is 8.97. The molecule has 1 amide bonds. The minimum Gasteiger partial charge on any atom is -0.508 e. The van der Waals surface area contributed by atoms with Crippen LogP contribution in [-0.4, -0.2) is 29.3 Å². The molecule has 5 nitrogen and oxygen atoms in total. The first-order valence-corrected chi connectivity index (χ1v) is 10.9. The molecule has 3 N–H and O–H groups in total. The lowest BCUT2D eigenvalue weighted by atomic mass is 10.0. The number of amides is 1. The Labute approximate surface area is 183 Å². The summed E-state index contributed by atoms with van der Waals surface area (Å²) in [5, 5.41) is 20.7. The van der Waals surface area contributed by atoms with Gasteiger partial charge in [-0.25, -0.2) is 0 Å². The van der Waals surface area contributed by atoms with Crippen LogP contribution in [-0.2, 0) is 11.2 Å². The van der Waals surface area contributed by atoms with Crippen molar-refractivity contribution < 1.29 is 19.7 Å². The molecule has 5 heteroatoms. The molecule has 2 rings (SSSR count). The maximum Gasteiger partial charge on any atom is 0.220 e. The smallest absolute Gasteiger partial charge is 0.220 e. The van der Waals surface area contributed by atoms with Crippen molar-refractivity contribution in [1.82, 2.24) is 5.32 Å². The van der Waals surface area contributed by atoms with Crippen LogP contribution < -0.4 is 10.1 Å². The first-order chi connectivity index (χ1) is 14.5. The van der Waals surface area contributed by atoms with E-state index in [0.29, 0.717) is 18.6 Å². The average Bonchev–Trinajstić information content (AvgIpc) is 2.78. The summed E-state index contributed by atoms with van der Waals surface area (Å²) in [6, 6.07) is 10.6. The zero-order valence-corrected chi connectivity index (χ0v) is 20.0. The van der Waals surface area contributed by atoms with Gasteiger partial charge in [-0.15, -0.1) is 0 Å². The molecule has 0 bridgehead atoms. The molecule has 0 radical (unpaired) electrons. The first-order valence-electron chi connectivity index (χ1n) is 10.9. The number of aliphatic hydroxyl groups excluding tert-OH is 1. The standard InChI is InChI=1S/C19H23NO4.3C2H6/c1-13-11-15(3-8-18(23)20-9-10-21)12-14(2)19(13)24-17-6-4-16(22)5-7-17;3*1-2/h4-7,11-12,21-22H,3,8-10H2,1-2H3,(H,20,23);3*1-2H3. The molecule has 0 aromatic heterocycles. The van der Waals surface area contributed by atoms with Crippen molar-refractivity contribution >= 4 is 5.91 Å². The summed E-state index contributed by atoms with van der Waals surface area (Å²) < 4.78 is 5.91. The lowest BCUT2D eigenvalue weighted by molar-refractivity contribution is -0.121. The molecule has 2 aromatic carbocycles. The molecule has 0 saturated carbocycles. The summed E-state index contributed by atoms with van der Waals surface area (Å²) in [6.45, 7) is 16.2. The molecular weight excluding hydrogens is 378 g/mol. The number of nitrogens with one attached hydrogen (secondary N) is 1. The van der Waals surface area contributed by atoms with Crippen molar-refractivity contribution in [2.75, 3.05) is 13.2 Å². The number of hydrogen-bond acceptors (Lipinski definition) is 4. The summed E-state index contributed by atoms with van der Waals surface area (Å²) in [4.78, 5) is 11.6. The lowest BCUT2D eigenvalue weighted by Crippen LogP contribution is -2.26. The topological polar surface area (TPSA) is 78.8 Å². The number of aliphatic hydroxyl groups is 1. The Hall–Kier alpha value is -2.53. The minimum atomic E-state index is -0.0659. The van der Waals surface area contributed by atoms with Gasteiger partial charge >= 0.3 is 0 Å². The van der Waals surface area contributed by atoms with Gasteiger partial charge in [0.05, 0.1) is 6.61 Å². The van der Waals surface area contributed by atoms with Crippen molar-refractivity contribution in [3.8, 4) is 17.2 Å². The number of rotatable bonds is 7. The van der Waals surface area contributed by atoms with Crippen LogP contribution in [0.4, 0.5) is 0 Å². The van der Waals surface area contributed by atoms with Crippen LogP contribution in [0.15, 0.2) is 36.4 Å². The molecule has 0 aliphatic rings. The molecule has 0 heterocycles. The predicted molar refractivity (Wildman–Crippen MR) is 127 cm³/mol. The Morgan fingerprint density at radius 1 is 0.933 bits per heavy atom. The Bertz CT molecular complexity index is 674. The lowest BCUT2D eigenvalue weighted by Gasteiger charge is -2.14. The second-order valence-corrected chi connectivity index (χ2v) is 5.73. The van der Waals surface area contributed by atoms with Crippen LogP contribution in [0, 0.1) is 13.8 Å². The van der Waals surface area contributed by atoms with E-state index in [-0.39, 0.29) is 24.8 Å². The number of phenols is 1. The van der Waals surface area contributed by atoms with Crippen LogP contribution in [0.2, 0.25) is 0 Å². The number of phenolic OH excluding ortho intramolecular Hbond substituents is 1. The fourth-order valence-electron chi connectivity index (χ4n) is 2.52. The average molecular weight is 420 g/mol. The van der Waals surface area contributed by atoms with Gasteiger partial charge in [0.25, 0.3) is 0 Å². The van der Waals surface area contributed by atoms with Crippen molar-refractivity contribution in [3.05, 3.63) is 53.1 Å². The molecular formula is C25H41NO4. The van der Waals surface area contributed by atoms with Gasteiger partial charge in [-0.3, -0.25) is 4.79 Å². The fraction of sp³-hybridized carbons (Fsp3) is 0.480. The fourth-order valence-corrected chi connectivity index (χ4v) is 2.52. The summed E-state index contributed by atoms with van der Waals surface area (Å²) in [5.41, 5.74) is 3.06. The number of ether oxygens (including phenoxy) is 1. The van der Waals surface area contributed by atoms with Gasteiger partial charge in [0.2, 0.25) is 5.91 Å². The van der Waals surface area contributed by atoms with Crippen LogP contribution >= 0.6 is 0 Å². The number of carbonyl (C=O) groups is 1. The zero-order valence-electron chi connectivity index (χ0n) is 20.0. The number of carbonyl (C=O) groups excluding carboxylic acids is 1. The first kappa shape index (κ1) is 29.7. The van der Waals surface area contributed by atoms with Gasteiger partial charge in [0, 0.05) is 13.0 Å². The van der Waals surface area contributed by atoms with Crippen LogP contribution in [0.3, 0.4) is 0 Å². The third-order valence-electron chi connectivity index (χ3n) is 3.65. The quantitative estimate of drug-likeness (QED) is 0.520. The van der Waals surface area contributed by atoms with Crippen molar-refractivity contribution in [1.29, 1.82) is 0 Å². The van der Waals surface area contributed by atoms with Crippen molar-refractivity contribution in [3.63, 3.8) is 0 Å². The molecule has 0 aliphatic heterocycles. The Balaban J connectivity index is 0. The Morgan fingerprint density at radius 2 is 1.43 bits per heavy atom. The van der Waals surface area contributed by atoms with E-state index < -0.39 is 0 Å². The van der Waals surface area contributed by atoms with E-state index in [1.807, 2.05) is 67.5 Å². The zero-order chi connectivity index (χ0) is 23.5. The van der Waals surface area contributed by atoms with Crippen molar-refractivity contribution in [2.24, 2.45) is 0 Å². The third kappa shape index (κ3) is 11.5. The van der Waals surface area contributed by atoms with E-state index in [2.05, 4.69) is 5.32 Å². The summed E-state index contributed by atoms with van der Waals surface area (Å²) >= 11 is 0. The Morgan fingerprint density at radius 3 is 1.90 bits per heavy atom. The highest BCUT2D eigenvalue weighted by molar-refractivity contribution is 5.76. The van der Waals surface area contributed by atoms with E-state index >= 15 is 0 Å². The third-order valence-corrected chi connectivity index (χ3v) is 3.65. The van der Waals surface area contributed by atoms with Gasteiger partial charge in [-0.2, -0.15) is 0 Å². The molecule has 0 fully saturated rings. The second kappa shape index (κ2) is 18.5. The van der Waals surface area contributed by atoms with E-state index in [1.165, 1.54) is 0 Å². The molecule has 0 saturated heterocycles. The van der Waals surface area contributed by atoms with E-state index in [1.54, 1.807) is 24.3 Å². The number of benzene rings is 2. The molecule has 0 unspecified atom stereocenters. The molecule has 0 aliphatic carbocycles. The summed E-state index contributed by atoms with van der Waals surface area (Å²) in [5.74, 6) is 1.58. The van der Waals surface area contributed by atoms with Gasteiger partial charge in [0.1, 0.15) is 17.2 Å². The number of aryl methyl sites for hydroxylation is 3.